The van der Waals surface area contributed by atoms with Crippen LogP contribution in [0.5, 0.6) is 5.75 Å². The smallest absolute Gasteiger partial charge is 0.274 e. The van der Waals surface area contributed by atoms with Crippen molar-refractivity contribution < 1.29 is 13.9 Å². The van der Waals surface area contributed by atoms with E-state index in [1.54, 1.807) is 23.2 Å². The number of hydrogen-bond donors (Lipinski definition) is 1. The normalized spacial score (nSPS) is 15.7. The fourth-order valence-electron chi connectivity index (χ4n) is 4.82. The number of methoxy groups -OCH3 is 1. The van der Waals surface area contributed by atoms with Gasteiger partial charge in [0.15, 0.2) is 0 Å². The quantitative estimate of drug-likeness (QED) is 0.440. The summed E-state index contributed by atoms with van der Waals surface area (Å²) in [6, 6.07) is 17.8. The molecule has 6 nitrogen and oxygen atoms in total. The SMILES string of the molecule is COc1ccc([C@H]2c3[nH]c4ccccc4c3CCN2C(=O)c2cn3ccccc3n2)c(F)c1. The molecule has 0 radical (unpaired) electrons. The molecule has 3 aromatic heterocycles. The summed E-state index contributed by atoms with van der Waals surface area (Å²) < 4.78 is 22.3. The number of benzene rings is 2. The molecule has 0 spiro atoms. The maximum atomic E-state index is 15.3. The third-order valence-electron chi connectivity index (χ3n) is 6.38. The standard InChI is InChI=1S/C26H21FN4O2/c1-33-16-9-10-19(20(27)14-16)25-24-18(17-6-2-3-7-21(17)29-24)11-13-31(25)26(32)22-15-30-12-5-4-8-23(30)28-22/h2-10,12,14-15,25,29H,11,13H2,1H3/t25-/m0/s1. The number of aromatic nitrogens is 3. The van der Waals surface area contributed by atoms with Crippen LogP contribution in [-0.2, 0) is 6.42 Å². The van der Waals surface area contributed by atoms with Crippen LogP contribution in [0, 0.1) is 5.82 Å². The summed E-state index contributed by atoms with van der Waals surface area (Å²) in [5.74, 6) is -0.218. The van der Waals surface area contributed by atoms with Crippen LogP contribution in [0.15, 0.2) is 73.1 Å². The van der Waals surface area contributed by atoms with Gasteiger partial charge in [-0.25, -0.2) is 9.37 Å². The summed E-state index contributed by atoms with van der Waals surface area (Å²) in [7, 11) is 1.50. The largest absolute Gasteiger partial charge is 0.497 e. The van der Waals surface area contributed by atoms with Crippen molar-refractivity contribution in [1.29, 1.82) is 0 Å². The van der Waals surface area contributed by atoms with E-state index in [0.29, 0.717) is 35.6 Å². The molecule has 5 aromatic rings. The first kappa shape index (κ1) is 19.5. The van der Waals surface area contributed by atoms with Crippen molar-refractivity contribution in [1.82, 2.24) is 19.3 Å². The molecule has 0 bridgehead atoms. The maximum absolute atomic E-state index is 15.3. The van der Waals surface area contributed by atoms with Crippen LogP contribution in [0.4, 0.5) is 4.39 Å². The lowest BCUT2D eigenvalue weighted by atomic mass is 9.91. The van der Waals surface area contributed by atoms with E-state index in [2.05, 4.69) is 16.0 Å². The summed E-state index contributed by atoms with van der Waals surface area (Å²) in [5, 5.41) is 1.10. The highest BCUT2D eigenvalue weighted by Crippen LogP contribution is 2.40. The number of amides is 1. The average Bonchev–Trinajstić information content (AvgIpc) is 3.44. The lowest BCUT2D eigenvalue weighted by Gasteiger charge is -2.36. The van der Waals surface area contributed by atoms with Gasteiger partial charge in [-0.1, -0.05) is 24.3 Å². The number of carbonyl (C=O) groups excluding carboxylic acids is 1. The molecular formula is C26H21FN4O2. The number of nitrogens with one attached hydrogen (secondary N) is 1. The van der Waals surface area contributed by atoms with Crippen LogP contribution in [0.25, 0.3) is 16.6 Å². The number of nitrogens with zero attached hydrogens (tertiary/aromatic N) is 3. The van der Waals surface area contributed by atoms with Gasteiger partial charge in [-0.2, -0.15) is 0 Å². The van der Waals surface area contributed by atoms with Crippen LogP contribution in [-0.4, -0.2) is 38.8 Å². The van der Waals surface area contributed by atoms with Crippen LogP contribution >= 0.6 is 0 Å². The van der Waals surface area contributed by atoms with Gasteiger partial charge in [0.2, 0.25) is 0 Å². The topological polar surface area (TPSA) is 62.6 Å². The lowest BCUT2D eigenvalue weighted by Crippen LogP contribution is -2.41. The van der Waals surface area contributed by atoms with Gasteiger partial charge in [0, 0.05) is 47.2 Å². The third kappa shape index (κ3) is 3.08. The van der Waals surface area contributed by atoms with E-state index in [9.17, 15) is 4.79 Å². The number of imidazole rings is 1. The Morgan fingerprint density at radius 2 is 2.00 bits per heavy atom. The number of fused-ring (bicyclic) bond motifs is 4. The number of aromatic amines is 1. The van der Waals surface area contributed by atoms with Gasteiger partial charge in [-0.15, -0.1) is 0 Å². The number of carbonyl (C=O) groups is 1. The molecule has 0 aliphatic carbocycles. The van der Waals surface area contributed by atoms with Crippen LogP contribution in [0.2, 0.25) is 0 Å². The highest BCUT2D eigenvalue weighted by Gasteiger charge is 2.37. The van der Waals surface area contributed by atoms with Gasteiger partial charge >= 0.3 is 0 Å². The zero-order valence-electron chi connectivity index (χ0n) is 18.0. The van der Waals surface area contributed by atoms with Crippen molar-refractivity contribution in [2.24, 2.45) is 0 Å². The van der Waals surface area contributed by atoms with Crippen molar-refractivity contribution >= 4 is 22.5 Å². The number of pyridine rings is 1. The Bertz CT molecular complexity index is 1490. The molecule has 1 N–H and O–H groups in total. The number of rotatable bonds is 3. The Hall–Kier alpha value is -4.13. The molecule has 0 saturated carbocycles. The van der Waals surface area contributed by atoms with Crippen molar-refractivity contribution in [3.8, 4) is 5.75 Å². The Morgan fingerprint density at radius 3 is 2.82 bits per heavy atom. The zero-order chi connectivity index (χ0) is 22.5. The number of H-pyrrole nitrogens is 1. The van der Waals surface area contributed by atoms with E-state index in [-0.39, 0.29) is 5.91 Å². The molecule has 1 aliphatic rings. The van der Waals surface area contributed by atoms with E-state index in [4.69, 9.17) is 4.74 Å². The highest BCUT2D eigenvalue weighted by atomic mass is 19.1. The van der Waals surface area contributed by atoms with Gasteiger partial charge in [-0.05, 0) is 42.3 Å². The monoisotopic (exact) mass is 440 g/mol. The van der Waals surface area contributed by atoms with E-state index < -0.39 is 11.9 Å². The Balaban J connectivity index is 1.51. The predicted molar refractivity (Wildman–Crippen MR) is 123 cm³/mol. The van der Waals surface area contributed by atoms with Crippen LogP contribution in [0.3, 0.4) is 0 Å². The maximum Gasteiger partial charge on any atom is 0.274 e. The highest BCUT2D eigenvalue weighted by molar-refractivity contribution is 5.94. The minimum absolute atomic E-state index is 0.233. The molecular weight excluding hydrogens is 419 g/mol. The summed E-state index contributed by atoms with van der Waals surface area (Å²) in [6.45, 7) is 0.456. The summed E-state index contributed by atoms with van der Waals surface area (Å²) in [5.41, 5.74) is 4.37. The van der Waals surface area contributed by atoms with Crippen LogP contribution < -0.4 is 4.74 Å². The molecule has 164 valence electrons. The first-order valence-corrected chi connectivity index (χ1v) is 10.8. The molecule has 6 rings (SSSR count). The van der Waals surface area contributed by atoms with E-state index in [1.807, 2.05) is 47.0 Å². The van der Waals surface area contributed by atoms with E-state index >= 15 is 4.39 Å². The second-order valence-corrected chi connectivity index (χ2v) is 8.19. The predicted octanol–water partition coefficient (Wildman–Crippen LogP) is 4.75. The second-order valence-electron chi connectivity index (χ2n) is 8.19. The number of ether oxygens (including phenoxy) is 1. The summed E-state index contributed by atoms with van der Waals surface area (Å²) in [4.78, 5) is 23.4. The van der Waals surface area contributed by atoms with Gasteiger partial charge in [0.05, 0.1) is 7.11 Å². The zero-order valence-corrected chi connectivity index (χ0v) is 18.0. The minimum Gasteiger partial charge on any atom is -0.497 e. The minimum atomic E-state index is -0.607. The second kappa shape index (κ2) is 7.48. The molecule has 4 heterocycles. The Labute approximate surface area is 189 Å². The molecule has 1 aliphatic heterocycles. The van der Waals surface area contributed by atoms with Crippen LogP contribution in [0.1, 0.15) is 33.4 Å². The number of halogens is 1. The first-order valence-electron chi connectivity index (χ1n) is 10.8. The van der Waals surface area contributed by atoms with Crippen molar-refractivity contribution in [3.63, 3.8) is 0 Å². The van der Waals surface area contributed by atoms with Gasteiger partial charge in [0.25, 0.3) is 5.91 Å². The van der Waals surface area contributed by atoms with E-state index in [0.717, 1.165) is 22.2 Å². The fraction of sp³-hybridized carbons (Fsp3) is 0.154. The van der Waals surface area contributed by atoms with E-state index in [1.165, 1.54) is 13.2 Å². The summed E-state index contributed by atoms with van der Waals surface area (Å²) >= 11 is 0. The Kier molecular flexibility index (Phi) is 4.43. The molecule has 0 fully saturated rings. The molecule has 0 unspecified atom stereocenters. The lowest BCUT2D eigenvalue weighted by molar-refractivity contribution is 0.0684. The van der Waals surface area contributed by atoms with Crippen molar-refractivity contribution in [2.75, 3.05) is 13.7 Å². The number of para-hydroxylation sites is 1. The molecule has 7 heteroatoms. The van der Waals surface area contributed by atoms with Gasteiger partial charge in [0.1, 0.15) is 28.9 Å². The van der Waals surface area contributed by atoms with Gasteiger partial charge < -0.3 is 19.0 Å². The molecule has 2 aromatic carbocycles. The third-order valence-corrected chi connectivity index (χ3v) is 6.38. The molecule has 0 saturated heterocycles. The fourth-order valence-corrected chi connectivity index (χ4v) is 4.82. The average molecular weight is 440 g/mol. The van der Waals surface area contributed by atoms with Crippen molar-refractivity contribution in [3.05, 3.63) is 101 Å². The van der Waals surface area contributed by atoms with Crippen molar-refractivity contribution in [2.45, 2.75) is 12.5 Å². The molecule has 1 atom stereocenters. The molecule has 1 amide bonds. The summed E-state index contributed by atoms with van der Waals surface area (Å²) in [6.07, 6.45) is 4.25. The molecule has 33 heavy (non-hydrogen) atoms. The first-order chi connectivity index (χ1) is 16.1. The van der Waals surface area contributed by atoms with Gasteiger partial charge in [-0.3, -0.25) is 4.79 Å². The Morgan fingerprint density at radius 1 is 1.15 bits per heavy atom. The number of hydrogen-bond acceptors (Lipinski definition) is 3.